The van der Waals surface area contributed by atoms with Gasteiger partial charge in [-0.3, -0.25) is 0 Å². The average molecular weight is 976 g/mol. The molecule has 0 atom stereocenters. The molecule has 0 fully saturated rings. The van der Waals surface area contributed by atoms with Crippen LogP contribution < -0.4 is 9.80 Å². The molecule has 0 unspecified atom stereocenters. The molecule has 362 valence electrons. The Morgan fingerprint density at radius 2 is 0.776 bits per heavy atom. The highest BCUT2D eigenvalue weighted by Gasteiger charge is 2.47. The largest absolute Gasteiger partial charge is 0.310 e. The molecule has 2 aliphatic heterocycles. The number of fused-ring (bicyclic) bond motifs is 4. The van der Waals surface area contributed by atoms with Crippen molar-refractivity contribution in [2.24, 2.45) is 0 Å². The second-order valence-electron chi connectivity index (χ2n) is 19.3. The first kappa shape index (κ1) is 46.0. The van der Waals surface area contributed by atoms with Crippen LogP contribution in [0.5, 0.6) is 0 Å². The monoisotopic (exact) mass is 975 g/mol. The lowest BCUT2D eigenvalue weighted by molar-refractivity contribution is 0.619. The number of anilines is 6. The summed E-state index contributed by atoms with van der Waals surface area (Å²) in [6.45, 7) is 3.87. The van der Waals surface area contributed by atoms with Gasteiger partial charge in [-0.25, -0.2) is 9.67 Å². The van der Waals surface area contributed by atoms with Crippen LogP contribution in [0.3, 0.4) is 0 Å². The molecule has 5 heteroatoms. The summed E-state index contributed by atoms with van der Waals surface area (Å²) in [6, 6.07) is 96.1. The molecule has 10 aromatic carbocycles. The Labute approximate surface area is 445 Å². The predicted molar refractivity (Wildman–Crippen MR) is 313 cm³/mol. The van der Waals surface area contributed by atoms with Gasteiger partial charge in [0.1, 0.15) is 0 Å². The molecule has 0 amide bonds. The van der Waals surface area contributed by atoms with Crippen LogP contribution in [0.4, 0.5) is 34.1 Å². The number of para-hydroxylation sites is 4. The summed E-state index contributed by atoms with van der Waals surface area (Å²) >= 11 is 0. The van der Waals surface area contributed by atoms with E-state index in [1.165, 1.54) is 38.9 Å². The molecule has 1 aromatic heterocycles. The van der Waals surface area contributed by atoms with Crippen molar-refractivity contribution in [2.75, 3.05) is 9.80 Å². The third kappa shape index (κ3) is 7.55. The van der Waals surface area contributed by atoms with Crippen LogP contribution in [0.2, 0.25) is 0 Å². The lowest BCUT2D eigenvalue weighted by atomic mass is 9.62. The zero-order chi connectivity index (χ0) is 50.9. The first-order valence-corrected chi connectivity index (χ1v) is 26.0. The molecule has 76 heavy (non-hydrogen) atoms. The second kappa shape index (κ2) is 19.5. The molecule has 0 saturated carbocycles. The van der Waals surface area contributed by atoms with Crippen molar-refractivity contribution in [2.45, 2.75) is 17.3 Å². The maximum Gasteiger partial charge on any atom is 0.182 e. The predicted octanol–water partition coefficient (Wildman–Crippen LogP) is 17.6. The van der Waals surface area contributed by atoms with Crippen molar-refractivity contribution in [3.8, 4) is 28.5 Å². The van der Waals surface area contributed by atoms with E-state index < -0.39 is 10.8 Å². The van der Waals surface area contributed by atoms with E-state index >= 15 is 0 Å². The van der Waals surface area contributed by atoms with Crippen molar-refractivity contribution in [3.63, 3.8) is 0 Å². The lowest BCUT2D eigenvalue weighted by Gasteiger charge is -2.46. The van der Waals surface area contributed by atoms with Crippen LogP contribution in [-0.2, 0) is 10.8 Å². The number of hydrogen-bond donors (Lipinski definition) is 0. The van der Waals surface area contributed by atoms with E-state index in [0.29, 0.717) is 5.82 Å². The molecule has 0 saturated heterocycles. The van der Waals surface area contributed by atoms with Crippen LogP contribution in [0.15, 0.2) is 304 Å². The smallest absolute Gasteiger partial charge is 0.182 e. The molecule has 0 bridgehead atoms. The van der Waals surface area contributed by atoms with E-state index in [1.807, 2.05) is 29.0 Å². The fourth-order valence-electron chi connectivity index (χ4n) is 12.0. The Hall–Kier alpha value is -9.84. The molecule has 2 aliphatic rings. The number of nitrogens with zero attached hydrogens (tertiary/aromatic N) is 5. The van der Waals surface area contributed by atoms with E-state index in [0.717, 1.165) is 63.2 Å². The molecule has 13 rings (SSSR count). The maximum absolute atomic E-state index is 5.30. The standard InChI is InChI=1S/C71H53N5/c1-2-3-4-5-26-51-70(54-29-12-7-13-30-54)60-35-18-22-39-64(60)74(65-40-23-19-36-61(65)70)57-45-43-52(44-46-57)68-72-69(53-27-10-6-11-28-53)76(73-68)59-49-47-58(48-50-59)75-66-41-24-20-37-62(66)71(55-31-14-8-15-32-55,56-33-16-9-17-34-56)63-38-21-25-42-67(63)75/h2-50H,1,51H2/b4-3-,26-5-. The fourth-order valence-corrected chi connectivity index (χ4v) is 12.0. The second-order valence-corrected chi connectivity index (χ2v) is 19.3. The minimum absolute atomic E-state index is 0.425. The van der Waals surface area contributed by atoms with E-state index in [1.54, 1.807) is 0 Å². The molecule has 0 N–H and O–H groups in total. The zero-order valence-corrected chi connectivity index (χ0v) is 41.9. The van der Waals surface area contributed by atoms with Crippen molar-refractivity contribution in [3.05, 3.63) is 343 Å². The molecular formula is C71H53N5. The topological polar surface area (TPSA) is 37.2 Å². The van der Waals surface area contributed by atoms with Gasteiger partial charge in [-0.1, -0.05) is 231 Å². The van der Waals surface area contributed by atoms with E-state index in [-0.39, 0.29) is 0 Å². The molecule has 3 heterocycles. The maximum atomic E-state index is 5.30. The Kier molecular flexibility index (Phi) is 11.8. The Balaban J connectivity index is 0.879. The molecule has 5 nitrogen and oxygen atoms in total. The normalized spacial score (nSPS) is 13.9. The highest BCUT2D eigenvalue weighted by Crippen LogP contribution is 2.59. The van der Waals surface area contributed by atoms with Gasteiger partial charge in [0.05, 0.1) is 39.3 Å². The van der Waals surface area contributed by atoms with Gasteiger partial charge < -0.3 is 9.80 Å². The van der Waals surface area contributed by atoms with Crippen molar-refractivity contribution in [1.29, 1.82) is 0 Å². The number of allylic oxidation sites excluding steroid dienone is 5. The van der Waals surface area contributed by atoms with Crippen LogP contribution >= 0.6 is 0 Å². The van der Waals surface area contributed by atoms with Gasteiger partial charge in [-0.2, -0.15) is 0 Å². The zero-order valence-electron chi connectivity index (χ0n) is 41.9. The van der Waals surface area contributed by atoms with E-state index in [2.05, 4.69) is 289 Å². The average Bonchev–Trinajstić information content (AvgIpc) is 3.98. The summed E-state index contributed by atoms with van der Waals surface area (Å²) < 4.78 is 1.98. The molecule has 0 aliphatic carbocycles. The quantitative estimate of drug-likeness (QED) is 0.114. The highest BCUT2D eigenvalue weighted by atomic mass is 15.4. The summed E-state index contributed by atoms with van der Waals surface area (Å²) in [6.07, 6.45) is 11.0. The summed E-state index contributed by atoms with van der Waals surface area (Å²) in [5.74, 6) is 1.41. The Bertz CT molecular complexity index is 3780. The van der Waals surface area contributed by atoms with Gasteiger partial charge >= 0.3 is 0 Å². The molecule has 0 spiro atoms. The van der Waals surface area contributed by atoms with Gasteiger partial charge in [0.25, 0.3) is 0 Å². The third-order valence-electron chi connectivity index (χ3n) is 15.3. The summed E-state index contributed by atoms with van der Waals surface area (Å²) in [7, 11) is 0. The van der Waals surface area contributed by atoms with Crippen molar-refractivity contribution >= 4 is 34.1 Å². The lowest BCUT2D eigenvalue weighted by Crippen LogP contribution is -2.37. The van der Waals surface area contributed by atoms with E-state index in [4.69, 9.17) is 10.1 Å². The number of hydrogen-bond acceptors (Lipinski definition) is 4. The van der Waals surface area contributed by atoms with Crippen molar-refractivity contribution in [1.82, 2.24) is 14.8 Å². The van der Waals surface area contributed by atoms with Crippen LogP contribution in [0, 0.1) is 0 Å². The fraction of sp³-hybridized carbons (Fsp3) is 0.0423. The third-order valence-corrected chi connectivity index (χ3v) is 15.3. The van der Waals surface area contributed by atoms with Crippen LogP contribution in [0.25, 0.3) is 28.5 Å². The summed E-state index contributed by atoms with van der Waals surface area (Å²) in [4.78, 5) is 10.1. The van der Waals surface area contributed by atoms with E-state index in [9.17, 15) is 0 Å². The van der Waals surface area contributed by atoms with Gasteiger partial charge in [0.15, 0.2) is 11.6 Å². The number of benzene rings is 10. The van der Waals surface area contributed by atoms with Gasteiger partial charge in [-0.05, 0) is 118 Å². The summed E-state index contributed by atoms with van der Waals surface area (Å²) in [5.41, 5.74) is 17.2. The highest BCUT2D eigenvalue weighted by molar-refractivity contribution is 5.90. The number of rotatable bonds is 12. The first-order valence-electron chi connectivity index (χ1n) is 26.0. The van der Waals surface area contributed by atoms with Gasteiger partial charge in [-0.15, -0.1) is 5.10 Å². The Morgan fingerprint density at radius 1 is 0.368 bits per heavy atom. The van der Waals surface area contributed by atoms with Gasteiger partial charge in [0.2, 0.25) is 0 Å². The Morgan fingerprint density at radius 3 is 1.28 bits per heavy atom. The molecule has 0 radical (unpaired) electrons. The van der Waals surface area contributed by atoms with Crippen LogP contribution in [0.1, 0.15) is 45.4 Å². The SMILES string of the molecule is C=C/C=C\C=C/CC1(c2ccccc2)c2ccccc2N(c2ccc(-c3nc(-c4ccccc4)n(-c4ccc(N5c6ccccc6C(c6ccccc6)(c6ccccc6)c6ccccc65)cc4)n3)cc2)c2ccccc21. The molecular weight excluding hydrogens is 923 g/mol. The molecule has 11 aromatic rings. The first-order chi connectivity index (χ1) is 37.7. The van der Waals surface area contributed by atoms with Crippen LogP contribution in [-0.4, -0.2) is 14.8 Å². The minimum atomic E-state index is -0.538. The minimum Gasteiger partial charge on any atom is -0.310 e. The van der Waals surface area contributed by atoms with Crippen molar-refractivity contribution < 1.29 is 0 Å². The van der Waals surface area contributed by atoms with Gasteiger partial charge in [0, 0.05) is 22.5 Å². The summed E-state index contributed by atoms with van der Waals surface area (Å²) in [5, 5.41) is 5.30. The number of aromatic nitrogens is 3.